The first kappa shape index (κ1) is 16.5. The smallest absolute Gasteiger partial charge is 0.255 e. The van der Waals surface area contributed by atoms with Crippen molar-refractivity contribution in [2.45, 2.75) is 31.8 Å². The van der Waals surface area contributed by atoms with Crippen molar-refractivity contribution in [1.82, 2.24) is 14.9 Å². The standard InChI is InChI=1S/C22H23N3O2/c1-15-12-16(14-23-13-15)21(26)25-9-7-22(8-10-25)20-18(6-11-27-22)17-4-2-3-5-19(17)24-20/h2-5,12-14,24H,6-11H2,1H3. The Bertz CT molecular complexity index is 1020. The van der Waals surface area contributed by atoms with E-state index in [1.165, 1.54) is 22.2 Å². The fourth-order valence-corrected chi connectivity index (χ4v) is 4.59. The van der Waals surface area contributed by atoms with Gasteiger partial charge in [0.15, 0.2) is 0 Å². The average Bonchev–Trinajstić information content (AvgIpc) is 3.09. The summed E-state index contributed by atoms with van der Waals surface area (Å²) in [5.41, 5.74) is 5.17. The maximum absolute atomic E-state index is 12.8. The molecule has 5 heteroatoms. The lowest BCUT2D eigenvalue weighted by Crippen LogP contribution is -2.48. The van der Waals surface area contributed by atoms with Gasteiger partial charge in [-0.1, -0.05) is 18.2 Å². The number of rotatable bonds is 1. The molecular formula is C22H23N3O2. The van der Waals surface area contributed by atoms with E-state index in [9.17, 15) is 4.79 Å². The molecule has 2 aliphatic rings. The molecule has 1 aromatic carbocycles. The van der Waals surface area contributed by atoms with E-state index in [1.54, 1.807) is 12.4 Å². The van der Waals surface area contributed by atoms with Gasteiger partial charge < -0.3 is 14.6 Å². The quantitative estimate of drug-likeness (QED) is 0.721. The van der Waals surface area contributed by atoms with E-state index in [2.05, 4.69) is 34.2 Å². The number of H-pyrrole nitrogens is 1. The van der Waals surface area contributed by atoms with Crippen LogP contribution in [0.4, 0.5) is 0 Å². The Balaban J connectivity index is 1.41. The van der Waals surface area contributed by atoms with E-state index in [1.807, 2.05) is 17.9 Å². The summed E-state index contributed by atoms with van der Waals surface area (Å²) in [6.07, 6.45) is 6.01. The van der Waals surface area contributed by atoms with Crippen molar-refractivity contribution in [2.75, 3.05) is 19.7 Å². The number of piperidine rings is 1. The van der Waals surface area contributed by atoms with Crippen molar-refractivity contribution < 1.29 is 9.53 Å². The fraction of sp³-hybridized carbons (Fsp3) is 0.364. The minimum atomic E-state index is -0.297. The van der Waals surface area contributed by atoms with Gasteiger partial charge in [0.25, 0.3) is 5.91 Å². The molecule has 0 bridgehead atoms. The maximum atomic E-state index is 12.8. The normalized spacial score (nSPS) is 18.6. The highest BCUT2D eigenvalue weighted by Crippen LogP contribution is 2.43. The molecule has 3 aromatic rings. The molecular weight excluding hydrogens is 338 g/mol. The molecule has 138 valence electrons. The number of benzene rings is 1. The predicted molar refractivity (Wildman–Crippen MR) is 104 cm³/mol. The number of nitrogens with zero attached hydrogens (tertiary/aromatic N) is 2. The molecule has 1 fully saturated rings. The van der Waals surface area contributed by atoms with Gasteiger partial charge in [0.1, 0.15) is 5.60 Å². The number of hydrogen-bond acceptors (Lipinski definition) is 3. The van der Waals surface area contributed by atoms with Crippen LogP contribution in [0, 0.1) is 6.92 Å². The second kappa shape index (κ2) is 6.20. The number of nitrogens with one attached hydrogen (secondary N) is 1. The van der Waals surface area contributed by atoms with Gasteiger partial charge in [-0.05, 0) is 49.4 Å². The Labute approximate surface area is 158 Å². The topological polar surface area (TPSA) is 58.2 Å². The Morgan fingerprint density at radius 3 is 2.85 bits per heavy atom. The van der Waals surface area contributed by atoms with E-state index in [0.717, 1.165) is 31.4 Å². The van der Waals surface area contributed by atoms with Crippen molar-refractivity contribution in [1.29, 1.82) is 0 Å². The molecule has 0 saturated carbocycles. The average molecular weight is 361 g/mol. The molecule has 2 aliphatic heterocycles. The number of likely N-dealkylation sites (tertiary alicyclic amines) is 1. The number of aromatic nitrogens is 2. The molecule has 1 amide bonds. The van der Waals surface area contributed by atoms with Crippen LogP contribution in [-0.4, -0.2) is 40.5 Å². The number of aryl methyl sites for hydroxylation is 1. The highest BCUT2D eigenvalue weighted by atomic mass is 16.5. The minimum Gasteiger partial charge on any atom is -0.368 e. The second-order valence-corrected chi connectivity index (χ2v) is 7.66. The molecule has 0 aliphatic carbocycles. The summed E-state index contributed by atoms with van der Waals surface area (Å²) in [6, 6.07) is 10.4. The second-order valence-electron chi connectivity index (χ2n) is 7.66. The molecule has 2 aromatic heterocycles. The van der Waals surface area contributed by atoms with Gasteiger partial charge in [0.2, 0.25) is 0 Å². The number of ether oxygens (including phenoxy) is 1. The van der Waals surface area contributed by atoms with Gasteiger partial charge >= 0.3 is 0 Å². The molecule has 5 rings (SSSR count). The summed E-state index contributed by atoms with van der Waals surface area (Å²) in [7, 11) is 0. The highest BCUT2D eigenvalue weighted by Gasteiger charge is 2.43. The summed E-state index contributed by atoms with van der Waals surface area (Å²) in [5.74, 6) is 0.0636. The molecule has 1 spiro atoms. The zero-order valence-corrected chi connectivity index (χ0v) is 15.5. The fourth-order valence-electron chi connectivity index (χ4n) is 4.59. The van der Waals surface area contributed by atoms with E-state index in [4.69, 9.17) is 4.74 Å². The summed E-state index contributed by atoms with van der Waals surface area (Å²) in [5, 5.41) is 1.31. The lowest BCUT2D eigenvalue weighted by molar-refractivity contribution is -0.0957. The summed E-state index contributed by atoms with van der Waals surface area (Å²) >= 11 is 0. The summed E-state index contributed by atoms with van der Waals surface area (Å²) in [6.45, 7) is 4.09. The Morgan fingerprint density at radius 2 is 2.04 bits per heavy atom. The van der Waals surface area contributed by atoms with Crippen LogP contribution in [0.2, 0.25) is 0 Å². The van der Waals surface area contributed by atoms with Crippen LogP contribution in [0.1, 0.15) is 40.0 Å². The van der Waals surface area contributed by atoms with Crippen LogP contribution in [-0.2, 0) is 16.8 Å². The molecule has 0 radical (unpaired) electrons. The number of carbonyl (C=O) groups is 1. The summed E-state index contributed by atoms with van der Waals surface area (Å²) in [4.78, 5) is 22.6. The van der Waals surface area contributed by atoms with E-state index >= 15 is 0 Å². The van der Waals surface area contributed by atoms with Crippen molar-refractivity contribution >= 4 is 16.8 Å². The first-order valence-corrected chi connectivity index (χ1v) is 9.61. The molecule has 4 heterocycles. The van der Waals surface area contributed by atoms with E-state index in [0.29, 0.717) is 18.7 Å². The molecule has 0 atom stereocenters. The van der Waals surface area contributed by atoms with Crippen molar-refractivity contribution in [3.05, 3.63) is 65.1 Å². The first-order valence-electron chi connectivity index (χ1n) is 9.61. The number of aromatic amines is 1. The van der Waals surface area contributed by atoms with Crippen molar-refractivity contribution in [3.63, 3.8) is 0 Å². The zero-order chi connectivity index (χ0) is 18.4. The maximum Gasteiger partial charge on any atom is 0.255 e. The number of carbonyl (C=O) groups excluding carboxylic acids is 1. The van der Waals surface area contributed by atoms with Crippen molar-refractivity contribution in [3.8, 4) is 0 Å². The summed E-state index contributed by atoms with van der Waals surface area (Å²) < 4.78 is 6.33. The Hall–Kier alpha value is -2.66. The molecule has 0 unspecified atom stereocenters. The van der Waals surface area contributed by atoms with Gasteiger partial charge in [-0.3, -0.25) is 9.78 Å². The number of para-hydroxylation sites is 1. The Kier molecular flexibility index (Phi) is 3.79. The Morgan fingerprint density at radius 1 is 1.22 bits per heavy atom. The largest absolute Gasteiger partial charge is 0.368 e. The van der Waals surface area contributed by atoms with Gasteiger partial charge in [0, 0.05) is 36.4 Å². The van der Waals surface area contributed by atoms with Crippen LogP contribution in [0.5, 0.6) is 0 Å². The molecule has 1 saturated heterocycles. The monoisotopic (exact) mass is 361 g/mol. The first-order chi connectivity index (χ1) is 13.2. The number of hydrogen-bond donors (Lipinski definition) is 1. The van der Waals surface area contributed by atoms with Gasteiger partial charge in [-0.15, -0.1) is 0 Å². The zero-order valence-electron chi connectivity index (χ0n) is 15.5. The third kappa shape index (κ3) is 2.65. The molecule has 27 heavy (non-hydrogen) atoms. The van der Waals surface area contributed by atoms with Crippen LogP contribution in [0.15, 0.2) is 42.7 Å². The predicted octanol–water partition coefficient (Wildman–Crippen LogP) is 3.58. The highest BCUT2D eigenvalue weighted by molar-refractivity contribution is 5.94. The van der Waals surface area contributed by atoms with Crippen LogP contribution < -0.4 is 0 Å². The lowest BCUT2D eigenvalue weighted by atomic mass is 9.83. The van der Waals surface area contributed by atoms with Gasteiger partial charge in [-0.25, -0.2) is 0 Å². The van der Waals surface area contributed by atoms with E-state index in [-0.39, 0.29) is 11.5 Å². The van der Waals surface area contributed by atoms with Crippen LogP contribution >= 0.6 is 0 Å². The third-order valence-electron chi connectivity index (χ3n) is 5.98. The van der Waals surface area contributed by atoms with Crippen LogP contribution in [0.25, 0.3) is 10.9 Å². The molecule has 1 N–H and O–H groups in total. The van der Waals surface area contributed by atoms with Crippen molar-refractivity contribution in [2.24, 2.45) is 0 Å². The third-order valence-corrected chi connectivity index (χ3v) is 5.98. The minimum absolute atomic E-state index is 0.0636. The van der Waals surface area contributed by atoms with E-state index < -0.39 is 0 Å². The van der Waals surface area contributed by atoms with Gasteiger partial charge in [0.05, 0.1) is 17.9 Å². The SMILES string of the molecule is Cc1cncc(C(=O)N2CCC3(CC2)OCCc2c3[nH]c3ccccc23)c1. The number of amides is 1. The lowest BCUT2D eigenvalue weighted by Gasteiger charge is -2.43. The van der Waals surface area contributed by atoms with Gasteiger partial charge in [-0.2, -0.15) is 0 Å². The van der Waals surface area contributed by atoms with Crippen LogP contribution in [0.3, 0.4) is 0 Å². The number of pyridine rings is 1. The molecule has 5 nitrogen and oxygen atoms in total. The number of fused-ring (bicyclic) bond motifs is 4.